The molecular weight excluding hydrogens is 221 g/mol. The van der Waals surface area contributed by atoms with Crippen molar-refractivity contribution in [2.75, 3.05) is 0 Å². The van der Waals surface area contributed by atoms with Crippen molar-refractivity contribution in [3.63, 3.8) is 0 Å². The van der Waals surface area contributed by atoms with E-state index < -0.39 is 0 Å². The van der Waals surface area contributed by atoms with Gasteiger partial charge in [0.15, 0.2) is 0 Å². The van der Waals surface area contributed by atoms with Crippen LogP contribution < -0.4 is 0 Å². The van der Waals surface area contributed by atoms with Crippen LogP contribution in [0, 0.1) is 12.7 Å². The van der Waals surface area contributed by atoms with Gasteiger partial charge >= 0.3 is 0 Å². The molecule has 0 saturated heterocycles. The average molecular weight is 235 g/mol. The third-order valence-corrected chi connectivity index (χ3v) is 3.36. The molecular formula is C13H14FNS. The summed E-state index contributed by atoms with van der Waals surface area (Å²) in [4.78, 5) is 4.46. The minimum absolute atomic E-state index is 0.199. The van der Waals surface area contributed by atoms with Gasteiger partial charge in [-0.25, -0.2) is 9.37 Å². The number of hydrogen-bond donors (Lipinski definition) is 0. The summed E-state index contributed by atoms with van der Waals surface area (Å²) >= 11 is 1.50. The number of halogens is 1. The zero-order valence-corrected chi connectivity index (χ0v) is 10.4. The first-order valence-corrected chi connectivity index (χ1v) is 6.18. The van der Waals surface area contributed by atoms with E-state index in [1.807, 2.05) is 18.4 Å². The second-order valence-corrected chi connectivity index (χ2v) is 5.07. The van der Waals surface area contributed by atoms with Crippen LogP contribution in [0.25, 0.3) is 10.6 Å². The van der Waals surface area contributed by atoms with Crippen molar-refractivity contribution in [1.29, 1.82) is 0 Å². The lowest BCUT2D eigenvalue weighted by atomic mass is 10.1. The Morgan fingerprint density at radius 1 is 1.31 bits per heavy atom. The monoisotopic (exact) mass is 235 g/mol. The molecule has 1 aromatic carbocycles. The first-order chi connectivity index (χ1) is 7.58. The van der Waals surface area contributed by atoms with E-state index >= 15 is 0 Å². The summed E-state index contributed by atoms with van der Waals surface area (Å²) in [7, 11) is 0. The predicted octanol–water partition coefficient (Wildman–Crippen LogP) is 4.38. The highest BCUT2D eigenvalue weighted by Crippen LogP contribution is 2.29. The van der Waals surface area contributed by atoms with Gasteiger partial charge in [-0.15, -0.1) is 11.3 Å². The first-order valence-electron chi connectivity index (χ1n) is 5.30. The molecule has 0 bridgehead atoms. The number of aryl methyl sites for hydroxylation is 1. The summed E-state index contributed by atoms with van der Waals surface area (Å²) in [5.41, 5.74) is 2.69. The highest BCUT2D eigenvalue weighted by atomic mass is 32.1. The number of rotatable bonds is 2. The number of thiazole rings is 1. The molecule has 0 aliphatic rings. The maximum atomic E-state index is 13.6. The molecule has 0 fully saturated rings. The second kappa shape index (κ2) is 4.34. The summed E-state index contributed by atoms with van der Waals surface area (Å²) in [5, 5.41) is 2.77. The molecule has 0 atom stereocenters. The number of nitrogens with zero attached hydrogens (tertiary/aromatic N) is 1. The van der Waals surface area contributed by atoms with Crippen LogP contribution >= 0.6 is 11.3 Å². The van der Waals surface area contributed by atoms with Crippen LogP contribution in [0.4, 0.5) is 4.39 Å². The van der Waals surface area contributed by atoms with E-state index in [9.17, 15) is 4.39 Å². The van der Waals surface area contributed by atoms with Gasteiger partial charge in [0.1, 0.15) is 10.8 Å². The Labute approximate surface area is 99.0 Å². The van der Waals surface area contributed by atoms with E-state index in [4.69, 9.17) is 0 Å². The average Bonchev–Trinajstić information content (AvgIpc) is 2.70. The van der Waals surface area contributed by atoms with Crippen molar-refractivity contribution in [2.24, 2.45) is 0 Å². The quantitative estimate of drug-likeness (QED) is 0.752. The second-order valence-electron chi connectivity index (χ2n) is 4.22. The minimum Gasteiger partial charge on any atom is -0.241 e. The molecule has 0 aliphatic heterocycles. The molecule has 2 rings (SSSR count). The van der Waals surface area contributed by atoms with Gasteiger partial charge in [-0.2, -0.15) is 0 Å². The van der Waals surface area contributed by atoms with Gasteiger partial charge in [0.25, 0.3) is 0 Å². The lowest BCUT2D eigenvalue weighted by molar-refractivity contribution is 0.630. The standard InChI is InChI=1S/C13H14FNS/c1-8(2)12-7-16-13(15-12)10-6-9(3)4-5-11(10)14/h4-8H,1-3H3. The summed E-state index contributed by atoms with van der Waals surface area (Å²) in [6.45, 7) is 6.14. The zero-order valence-electron chi connectivity index (χ0n) is 9.62. The molecule has 2 aromatic rings. The fourth-order valence-corrected chi connectivity index (χ4v) is 2.48. The van der Waals surface area contributed by atoms with E-state index in [-0.39, 0.29) is 5.82 Å². The molecule has 1 heterocycles. The summed E-state index contributed by atoms with van der Waals surface area (Å²) in [6.07, 6.45) is 0. The Hall–Kier alpha value is -1.22. The van der Waals surface area contributed by atoms with Crippen LogP contribution in [-0.4, -0.2) is 4.98 Å². The minimum atomic E-state index is -0.199. The van der Waals surface area contributed by atoms with Crippen molar-refractivity contribution >= 4 is 11.3 Å². The summed E-state index contributed by atoms with van der Waals surface area (Å²) < 4.78 is 13.6. The molecule has 0 radical (unpaired) electrons. The fourth-order valence-electron chi connectivity index (χ4n) is 1.48. The van der Waals surface area contributed by atoms with Gasteiger partial charge in [0.05, 0.1) is 5.69 Å². The Bertz CT molecular complexity index is 502. The Balaban J connectivity index is 2.46. The van der Waals surface area contributed by atoms with Crippen molar-refractivity contribution in [3.05, 3.63) is 40.7 Å². The van der Waals surface area contributed by atoms with Crippen molar-refractivity contribution in [1.82, 2.24) is 4.98 Å². The predicted molar refractivity (Wildman–Crippen MR) is 66.3 cm³/mol. The van der Waals surface area contributed by atoms with E-state index in [0.717, 1.165) is 16.3 Å². The van der Waals surface area contributed by atoms with Gasteiger partial charge in [-0.1, -0.05) is 25.5 Å². The largest absolute Gasteiger partial charge is 0.241 e. The molecule has 0 unspecified atom stereocenters. The topological polar surface area (TPSA) is 12.9 Å². The van der Waals surface area contributed by atoms with Crippen molar-refractivity contribution in [2.45, 2.75) is 26.7 Å². The Morgan fingerprint density at radius 3 is 2.69 bits per heavy atom. The molecule has 16 heavy (non-hydrogen) atoms. The molecule has 1 nitrogen and oxygen atoms in total. The highest BCUT2D eigenvalue weighted by molar-refractivity contribution is 7.13. The third-order valence-electron chi connectivity index (χ3n) is 2.47. The third kappa shape index (κ3) is 2.14. The van der Waals surface area contributed by atoms with E-state index in [2.05, 4.69) is 18.8 Å². The van der Waals surface area contributed by atoms with Crippen LogP contribution in [0.3, 0.4) is 0 Å². The Morgan fingerprint density at radius 2 is 2.06 bits per heavy atom. The molecule has 0 amide bonds. The van der Waals surface area contributed by atoms with E-state index in [0.29, 0.717) is 11.5 Å². The van der Waals surface area contributed by atoms with Gasteiger partial charge in [-0.05, 0) is 25.0 Å². The fraction of sp³-hybridized carbons (Fsp3) is 0.308. The molecule has 3 heteroatoms. The zero-order chi connectivity index (χ0) is 11.7. The number of hydrogen-bond acceptors (Lipinski definition) is 2. The SMILES string of the molecule is Cc1ccc(F)c(-c2nc(C(C)C)cs2)c1. The first kappa shape index (κ1) is 11.3. The molecule has 0 aliphatic carbocycles. The maximum Gasteiger partial charge on any atom is 0.133 e. The number of aromatic nitrogens is 1. The highest BCUT2D eigenvalue weighted by Gasteiger charge is 2.11. The lowest BCUT2D eigenvalue weighted by Crippen LogP contribution is -1.89. The van der Waals surface area contributed by atoms with Crippen LogP contribution in [0.5, 0.6) is 0 Å². The van der Waals surface area contributed by atoms with Crippen LogP contribution in [-0.2, 0) is 0 Å². The molecule has 0 N–H and O–H groups in total. The van der Waals surface area contributed by atoms with Gasteiger partial charge in [0.2, 0.25) is 0 Å². The lowest BCUT2D eigenvalue weighted by Gasteiger charge is -2.01. The smallest absolute Gasteiger partial charge is 0.133 e. The van der Waals surface area contributed by atoms with Crippen molar-refractivity contribution < 1.29 is 4.39 Å². The molecule has 0 saturated carbocycles. The van der Waals surface area contributed by atoms with Gasteiger partial charge in [-0.3, -0.25) is 0 Å². The van der Waals surface area contributed by atoms with E-state index in [1.165, 1.54) is 17.4 Å². The van der Waals surface area contributed by atoms with Gasteiger partial charge < -0.3 is 0 Å². The maximum absolute atomic E-state index is 13.6. The normalized spacial score (nSPS) is 11.1. The van der Waals surface area contributed by atoms with Gasteiger partial charge in [0, 0.05) is 10.9 Å². The van der Waals surface area contributed by atoms with Crippen LogP contribution in [0.15, 0.2) is 23.6 Å². The number of benzene rings is 1. The Kier molecular flexibility index (Phi) is 3.06. The summed E-state index contributed by atoms with van der Waals surface area (Å²) in [6, 6.07) is 5.12. The summed E-state index contributed by atoms with van der Waals surface area (Å²) in [5.74, 6) is 0.188. The van der Waals surface area contributed by atoms with Crippen LogP contribution in [0.1, 0.15) is 31.0 Å². The molecule has 84 valence electrons. The molecule has 0 spiro atoms. The van der Waals surface area contributed by atoms with Crippen molar-refractivity contribution in [3.8, 4) is 10.6 Å². The van der Waals surface area contributed by atoms with Crippen LogP contribution in [0.2, 0.25) is 0 Å². The molecule has 1 aromatic heterocycles. The van der Waals surface area contributed by atoms with E-state index in [1.54, 1.807) is 6.07 Å².